The number of halogens is 5. The number of nitrogens with one attached hydrogen (secondary N) is 1. The van der Waals surface area contributed by atoms with E-state index in [9.17, 15) is 36.3 Å². The van der Waals surface area contributed by atoms with Crippen molar-refractivity contribution < 1.29 is 41.1 Å². The molecule has 182 valence electrons. The number of carbonyl (C=O) groups excluding carboxylic acids is 3. The predicted octanol–water partition coefficient (Wildman–Crippen LogP) is 1.98. The van der Waals surface area contributed by atoms with Crippen molar-refractivity contribution in [2.45, 2.75) is 43.9 Å². The van der Waals surface area contributed by atoms with Crippen LogP contribution in [-0.2, 0) is 25.3 Å². The van der Waals surface area contributed by atoms with Gasteiger partial charge in [-0.2, -0.15) is 13.2 Å². The zero-order chi connectivity index (χ0) is 24.3. The van der Waals surface area contributed by atoms with Crippen LogP contribution in [0.2, 0.25) is 0 Å². The quantitative estimate of drug-likeness (QED) is 0.439. The van der Waals surface area contributed by atoms with E-state index in [-0.39, 0.29) is 25.4 Å². The topological polar surface area (TPSA) is 105 Å². The average molecular weight is 478 g/mol. The monoisotopic (exact) mass is 478 g/mol. The van der Waals surface area contributed by atoms with Gasteiger partial charge in [0.05, 0.1) is 24.4 Å². The van der Waals surface area contributed by atoms with E-state index >= 15 is 0 Å². The number of morpholine rings is 1. The molecule has 33 heavy (non-hydrogen) atoms. The average Bonchev–Trinajstić information content (AvgIpc) is 2.66. The van der Waals surface area contributed by atoms with Gasteiger partial charge in [-0.15, -0.1) is 0 Å². The first-order valence-electron chi connectivity index (χ1n) is 10.2. The minimum atomic E-state index is -4.92. The summed E-state index contributed by atoms with van der Waals surface area (Å²) in [4.78, 5) is 38.8. The van der Waals surface area contributed by atoms with Crippen LogP contribution in [0.1, 0.15) is 24.8 Å². The molecule has 0 aromatic heterocycles. The molecule has 0 unspecified atom stereocenters. The minimum Gasteiger partial charge on any atom is -0.370 e. The van der Waals surface area contributed by atoms with E-state index in [1.54, 1.807) is 0 Å². The third-order valence-electron chi connectivity index (χ3n) is 5.61. The van der Waals surface area contributed by atoms with Crippen molar-refractivity contribution in [3.8, 4) is 0 Å². The lowest BCUT2D eigenvalue weighted by molar-refractivity contribution is -0.137. The summed E-state index contributed by atoms with van der Waals surface area (Å²) in [5.41, 5.74) is 3.28. The number of primary amides is 1. The Labute approximate surface area is 185 Å². The number of benzene rings is 1. The molecule has 1 heterocycles. The second kappa shape index (κ2) is 10.00. The lowest BCUT2D eigenvalue weighted by Crippen LogP contribution is -2.58. The van der Waals surface area contributed by atoms with E-state index in [1.807, 2.05) is 5.32 Å². The maximum absolute atomic E-state index is 13.7. The van der Waals surface area contributed by atoms with Crippen LogP contribution >= 0.6 is 0 Å². The van der Waals surface area contributed by atoms with Crippen molar-refractivity contribution in [2.24, 2.45) is 5.73 Å². The molecule has 1 saturated carbocycles. The molecule has 1 saturated heterocycles. The fraction of sp³-hybridized carbons (Fsp3) is 0.550. The first kappa shape index (κ1) is 24.8. The largest absolute Gasteiger partial charge is 0.418 e. The highest BCUT2D eigenvalue weighted by Gasteiger charge is 2.41. The molecule has 1 atom stereocenters. The van der Waals surface area contributed by atoms with Crippen LogP contribution in [0, 0.1) is 0 Å². The molecule has 3 amide bonds. The van der Waals surface area contributed by atoms with Crippen molar-refractivity contribution in [1.82, 2.24) is 4.90 Å². The Morgan fingerprint density at radius 3 is 2.48 bits per heavy atom. The molecule has 0 spiro atoms. The molecule has 0 bridgehead atoms. The van der Waals surface area contributed by atoms with Crippen molar-refractivity contribution in [1.29, 1.82) is 0 Å². The Morgan fingerprint density at radius 1 is 1.27 bits per heavy atom. The van der Waals surface area contributed by atoms with E-state index in [1.165, 1.54) is 6.07 Å². The van der Waals surface area contributed by atoms with E-state index in [4.69, 9.17) is 10.5 Å². The van der Waals surface area contributed by atoms with E-state index in [0.717, 1.165) is 15.9 Å². The second-order valence-corrected chi connectivity index (χ2v) is 7.79. The van der Waals surface area contributed by atoms with Gasteiger partial charge in [-0.25, -0.2) is 8.78 Å². The van der Waals surface area contributed by atoms with Crippen LogP contribution < -0.4 is 16.0 Å². The Morgan fingerprint density at radius 2 is 1.97 bits per heavy atom. The smallest absolute Gasteiger partial charge is 0.370 e. The van der Waals surface area contributed by atoms with Crippen molar-refractivity contribution in [3.05, 3.63) is 23.8 Å². The standard InChI is InChI=1S/C20H23F5N4O4/c21-15(22)9-29(11-2-1-3-11)17(18(26)31)19(32)27-14-5-4-12(8-13(14)20(23,24)25)28-6-7-33-10-16(28)30/h4-5,8,11,15,17H,1-3,6-7,9-10H2,(H2,26,31)(H,27,32)/t17-/m1/s1. The molecule has 13 heteroatoms. The summed E-state index contributed by atoms with van der Waals surface area (Å²) in [5.74, 6) is -3.01. The van der Waals surface area contributed by atoms with Crippen LogP contribution in [0.15, 0.2) is 18.2 Å². The van der Waals surface area contributed by atoms with E-state index in [0.29, 0.717) is 25.3 Å². The SMILES string of the molecule is NC(=O)[C@H](C(=O)Nc1ccc(N2CCOCC2=O)cc1C(F)(F)F)N(CC(F)F)C1CCC1. The van der Waals surface area contributed by atoms with Crippen molar-refractivity contribution in [3.63, 3.8) is 0 Å². The summed E-state index contributed by atoms with van der Waals surface area (Å²) in [6.07, 6.45) is -6.18. The first-order chi connectivity index (χ1) is 15.5. The van der Waals surface area contributed by atoms with Gasteiger partial charge in [0.2, 0.25) is 5.91 Å². The maximum atomic E-state index is 13.7. The number of hydrogen-bond acceptors (Lipinski definition) is 5. The summed E-state index contributed by atoms with van der Waals surface area (Å²) >= 11 is 0. The number of ether oxygens (including phenoxy) is 1. The summed E-state index contributed by atoms with van der Waals surface area (Å²) in [7, 11) is 0. The fourth-order valence-corrected chi connectivity index (χ4v) is 3.82. The normalized spacial score (nSPS) is 18.4. The van der Waals surface area contributed by atoms with Crippen LogP contribution in [0.5, 0.6) is 0 Å². The van der Waals surface area contributed by atoms with E-state index in [2.05, 4.69) is 0 Å². The Bertz CT molecular complexity index is 907. The second-order valence-electron chi connectivity index (χ2n) is 7.79. The maximum Gasteiger partial charge on any atom is 0.418 e. The molecule has 1 aliphatic heterocycles. The van der Waals surface area contributed by atoms with Gasteiger partial charge in [-0.3, -0.25) is 19.3 Å². The van der Waals surface area contributed by atoms with Gasteiger partial charge in [0, 0.05) is 18.3 Å². The number of alkyl halides is 5. The summed E-state index contributed by atoms with van der Waals surface area (Å²) in [6.45, 7) is -1.00. The van der Waals surface area contributed by atoms with Gasteiger partial charge in [-0.05, 0) is 31.0 Å². The number of carbonyl (C=O) groups is 3. The minimum absolute atomic E-state index is 0.0473. The number of anilines is 2. The Balaban J connectivity index is 1.90. The third-order valence-corrected chi connectivity index (χ3v) is 5.61. The number of amides is 3. The van der Waals surface area contributed by atoms with Crippen molar-refractivity contribution in [2.75, 3.05) is 36.5 Å². The molecule has 1 aliphatic carbocycles. The van der Waals surface area contributed by atoms with Gasteiger partial charge in [0.25, 0.3) is 18.2 Å². The van der Waals surface area contributed by atoms with Gasteiger partial charge >= 0.3 is 6.18 Å². The molecule has 2 aliphatic rings. The molecular formula is C20H23F5N4O4. The van der Waals surface area contributed by atoms with Crippen molar-refractivity contribution >= 4 is 29.1 Å². The Hall–Kier alpha value is -2.80. The van der Waals surface area contributed by atoms with Crippen LogP contribution in [0.4, 0.5) is 33.3 Å². The molecule has 3 rings (SSSR count). The number of hydrogen-bond donors (Lipinski definition) is 2. The highest BCUT2D eigenvalue weighted by atomic mass is 19.4. The lowest BCUT2D eigenvalue weighted by atomic mass is 9.90. The summed E-state index contributed by atoms with van der Waals surface area (Å²) < 4.78 is 72.4. The fourth-order valence-electron chi connectivity index (χ4n) is 3.82. The number of nitrogens with zero attached hydrogens (tertiary/aromatic N) is 2. The molecule has 2 fully saturated rings. The van der Waals surface area contributed by atoms with Crippen LogP contribution in [0.3, 0.4) is 0 Å². The summed E-state index contributed by atoms with van der Waals surface area (Å²) in [5, 5.41) is 2.02. The summed E-state index contributed by atoms with van der Waals surface area (Å²) in [6, 6.07) is 0.472. The molecule has 8 nitrogen and oxygen atoms in total. The number of rotatable bonds is 8. The molecule has 1 aromatic carbocycles. The molecule has 1 aromatic rings. The number of nitrogens with two attached hydrogens (primary N) is 1. The van der Waals surface area contributed by atoms with E-state index < -0.39 is 60.2 Å². The first-order valence-corrected chi connectivity index (χ1v) is 10.2. The zero-order valence-electron chi connectivity index (χ0n) is 17.4. The van der Waals surface area contributed by atoms with Gasteiger partial charge in [0.1, 0.15) is 6.61 Å². The highest BCUT2D eigenvalue weighted by Crippen LogP contribution is 2.38. The lowest BCUT2D eigenvalue weighted by Gasteiger charge is -2.40. The molecule has 3 N–H and O–H groups in total. The molecule has 0 radical (unpaired) electrons. The molecular weight excluding hydrogens is 455 g/mol. The third kappa shape index (κ3) is 5.77. The predicted molar refractivity (Wildman–Crippen MR) is 107 cm³/mol. The highest BCUT2D eigenvalue weighted by molar-refractivity contribution is 6.10. The van der Waals surface area contributed by atoms with Gasteiger partial charge < -0.3 is 20.7 Å². The Kier molecular flexibility index (Phi) is 7.52. The van der Waals surface area contributed by atoms with Gasteiger partial charge in [-0.1, -0.05) is 6.42 Å². The van der Waals surface area contributed by atoms with Crippen LogP contribution in [-0.4, -0.2) is 67.4 Å². The zero-order valence-corrected chi connectivity index (χ0v) is 17.4. The van der Waals surface area contributed by atoms with Gasteiger partial charge in [0.15, 0.2) is 6.04 Å². The van der Waals surface area contributed by atoms with Crippen LogP contribution in [0.25, 0.3) is 0 Å².